The van der Waals surface area contributed by atoms with Crippen molar-refractivity contribution < 1.29 is 4.42 Å². The van der Waals surface area contributed by atoms with Crippen molar-refractivity contribution in [3.05, 3.63) is 53.5 Å². The predicted octanol–water partition coefficient (Wildman–Crippen LogP) is 3.16. The van der Waals surface area contributed by atoms with E-state index in [0.717, 1.165) is 31.1 Å². The highest BCUT2D eigenvalue weighted by atomic mass is 16.3. The Morgan fingerprint density at radius 2 is 2.16 bits per heavy atom. The molecule has 1 aromatic carbocycles. The molecule has 2 aromatic rings. The van der Waals surface area contributed by atoms with E-state index in [1.54, 1.807) is 6.26 Å². The highest BCUT2D eigenvalue weighted by molar-refractivity contribution is 5.48. The van der Waals surface area contributed by atoms with Gasteiger partial charge >= 0.3 is 0 Å². The normalized spacial score (nSPS) is 18.2. The number of benzene rings is 1. The lowest BCUT2D eigenvalue weighted by Crippen LogP contribution is -2.41. The van der Waals surface area contributed by atoms with Crippen LogP contribution in [0, 0.1) is 0 Å². The molecule has 0 saturated heterocycles. The summed E-state index contributed by atoms with van der Waals surface area (Å²) in [6.45, 7) is 7.40. The van der Waals surface area contributed by atoms with Gasteiger partial charge in [0, 0.05) is 24.2 Å². The highest BCUT2D eigenvalue weighted by Gasteiger charge is 2.31. The van der Waals surface area contributed by atoms with Crippen molar-refractivity contribution in [1.29, 1.82) is 0 Å². The zero-order valence-electron chi connectivity index (χ0n) is 11.5. The zero-order valence-corrected chi connectivity index (χ0v) is 11.5. The average molecular weight is 256 g/mol. The van der Waals surface area contributed by atoms with Crippen molar-refractivity contribution in [2.45, 2.75) is 32.4 Å². The molecule has 0 saturated carbocycles. The molecule has 1 aliphatic rings. The van der Waals surface area contributed by atoms with Crippen molar-refractivity contribution in [1.82, 2.24) is 4.90 Å². The minimum atomic E-state index is 0.147. The van der Waals surface area contributed by atoms with Crippen LogP contribution in [-0.4, -0.2) is 11.4 Å². The zero-order chi connectivity index (χ0) is 13.5. The van der Waals surface area contributed by atoms with Crippen LogP contribution in [0.2, 0.25) is 0 Å². The van der Waals surface area contributed by atoms with Gasteiger partial charge in [0.25, 0.3) is 0 Å². The van der Waals surface area contributed by atoms with E-state index in [1.807, 2.05) is 18.2 Å². The monoisotopic (exact) mass is 256 g/mol. The van der Waals surface area contributed by atoms with E-state index in [0.29, 0.717) is 0 Å². The van der Waals surface area contributed by atoms with Gasteiger partial charge in [0.2, 0.25) is 0 Å². The largest absolute Gasteiger partial charge is 0.468 e. The molecule has 2 heterocycles. The number of hydrogen-bond donors (Lipinski definition) is 1. The molecule has 19 heavy (non-hydrogen) atoms. The molecular formula is C16H20N2O. The minimum absolute atomic E-state index is 0.147. The van der Waals surface area contributed by atoms with Gasteiger partial charge < -0.3 is 10.2 Å². The first-order valence-corrected chi connectivity index (χ1v) is 6.68. The Bertz CT molecular complexity index is 572. The number of nitrogens with zero attached hydrogens (tertiary/aromatic N) is 1. The molecule has 1 aliphatic heterocycles. The molecule has 0 unspecified atom stereocenters. The molecule has 0 atom stereocenters. The lowest BCUT2D eigenvalue weighted by atomic mass is 9.78. The van der Waals surface area contributed by atoms with Crippen LogP contribution in [0.25, 0.3) is 0 Å². The van der Waals surface area contributed by atoms with Gasteiger partial charge in [-0.3, -0.25) is 4.90 Å². The fraction of sp³-hybridized carbons (Fsp3) is 0.375. The highest BCUT2D eigenvalue weighted by Crippen LogP contribution is 2.34. The molecule has 1 aromatic heterocycles. The lowest BCUT2D eigenvalue weighted by molar-refractivity contribution is 0.174. The smallest absolute Gasteiger partial charge is 0.117 e. The quantitative estimate of drug-likeness (QED) is 0.839. The second-order valence-corrected chi connectivity index (χ2v) is 6.02. The molecule has 3 heteroatoms. The van der Waals surface area contributed by atoms with Gasteiger partial charge in [0.15, 0.2) is 0 Å². The fourth-order valence-electron chi connectivity index (χ4n) is 3.08. The SMILES string of the molecule is CC1(C)CN(Cc2ccco2)Cc2cc(N)ccc21. The molecule has 2 N–H and O–H groups in total. The second-order valence-electron chi connectivity index (χ2n) is 6.02. The number of anilines is 1. The number of nitrogens with two attached hydrogens (primary N) is 1. The third-order valence-corrected chi connectivity index (χ3v) is 3.83. The first-order valence-electron chi connectivity index (χ1n) is 6.68. The van der Waals surface area contributed by atoms with E-state index < -0.39 is 0 Å². The average Bonchev–Trinajstić information content (AvgIpc) is 2.79. The van der Waals surface area contributed by atoms with E-state index in [1.165, 1.54) is 11.1 Å². The first-order chi connectivity index (χ1) is 9.04. The van der Waals surface area contributed by atoms with Crippen molar-refractivity contribution in [3.8, 4) is 0 Å². The summed E-state index contributed by atoms with van der Waals surface area (Å²) >= 11 is 0. The molecule has 0 bridgehead atoms. The predicted molar refractivity (Wildman–Crippen MR) is 76.7 cm³/mol. The van der Waals surface area contributed by atoms with Crippen LogP contribution in [0.5, 0.6) is 0 Å². The Labute approximate surface area is 114 Å². The van der Waals surface area contributed by atoms with E-state index in [-0.39, 0.29) is 5.41 Å². The molecule has 0 spiro atoms. The van der Waals surface area contributed by atoms with Crippen LogP contribution in [0.15, 0.2) is 41.0 Å². The summed E-state index contributed by atoms with van der Waals surface area (Å²) in [6, 6.07) is 10.3. The topological polar surface area (TPSA) is 42.4 Å². The maximum atomic E-state index is 5.91. The Morgan fingerprint density at radius 1 is 1.32 bits per heavy atom. The first kappa shape index (κ1) is 12.3. The van der Waals surface area contributed by atoms with Gasteiger partial charge in [-0.1, -0.05) is 19.9 Å². The summed E-state index contributed by atoms with van der Waals surface area (Å²) in [4.78, 5) is 2.42. The van der Waals surface area contributed by atoms with Crippen molar-refractivity contribution in [2.75, 3.05) is 12.3 Å². The van der Waals surface area contributed by atoms with Crippen LogP contribution in [-0.2, 0) is 18.5 Å². The maximum absolute atomic E-state index is 5.91. The Hall–Kier alpha value is -1.74. The lowest BCUT2D eigenvalue weighted by Gasteiger charge is -2.39. The molecule has 0 radical (unpaired) electrons. The summed E-state index contributed by atoms with van der Waals surface area (Å²) in [5.41, 5.74) is 9.65. The van der Waals surface area contributed by atoms with Gasteiger partial charge in [-0.25, -0.2) is 0 Å². The molecular weight excluding hydrogens is 236 g/mol. The number of fused-ring (bicyclic) bond motifs is 1. The van der Waals surface area contributed by atoms with Crippen LogP contribution in [0.3, 0.4) is 0 Å². The van der Waals surface area contributed by atoms with Crippen LogP contribution in [0.1, 0.15) is 30.7 Å². The molecule has 3 rings (SSSR count). The molecule has 0 fully saturated rings. The van der Waals surface area contributed by atoms with Crippen LogP contribution < -0.4 is 5.73 Å². The van der Waals surface area contributed by atoms with Crippen molar-refractivity contribution in [2.24, 2.45) is 0 Å². The Balaban J connectivity index is 1.89. The van der Waals surface area contributed by atoms with Gasteiger partial charge in [0.05, 0.1) is 12.8 Å². The summed E-state index contributed by atoms with van der Waals surface area (Å²) in [7, 11) is 0. The van der Waals surface area contributed by atoms with E-state index in [2.05, 4.69) is 30.9 Å². The van der Waals surface area contributed by atoms with Gasteiger partial charge in [-0.05, 0) is 35.4 Å². The molecule has 0 aliphatic carbocycles. The molecule has 100 valence electrons. The second kappa shape index (κ2) is 4.42. The third kappa shape index (κ3) is 2.38. The van der Waals surface area contributed by atoms with Crippen molar-refractivity contribution in [3.63, 3.8) is 0 Å². The van der Waals surface area contributed by atoms with Crippen LogP contribution in [0.4, 0.5) is 5.69 Å². The van der Waals surface area contributed by atoms with E-state index in [4.69, 9.17) is 10.2 Å². The number of furan rings is 1. The number of hydrogen-bond acceptors (Lipinski definition) is 3. The Morgan fingerprint density at radius 3 is 2.89 bits per heavy atom. The summed E-state index contributed by atoms with van der Waals surface area (Å²) in [6.07, 6.45) is 1.73. The molecule has 3 nitrogen and oxygen atoms in total. The van der Waals surface area contributed by atoms with Gasteiger partial charge in [-0.2, -0.15) is 0 Å². The van der Waals surface area contributed by atoms with E-state index in [9.17, 15) is 0 Å². The fourth-order valence-corrected chi connectivity index (χ4v) is 3.08. The van der Waals surface area contributed by atoms with Crippen molar-refractivity contribution >= 4 is 5.69 Å². The number of nitrogen functional groups attached to an aromatic ring is 1. The molecule has 0 amide bonds. The van der Waals surface area contributed by atoms with Gasteiger partial charge in [0.1, 0.15) is 5.76 Å². The standard InChI is InChI=1S/C16H20N2O/c1-16(2)11-18(10-14-4-3-7-19-14)9-12-8-13(17)5-6-15(12)16/h3-8H,9-11,17H2,1-2H3. The third-order valence-electron chi connectivity index (χ3n) is 3.83. The number of rotatable bonds is 2. The summed E-state index contributed by atoms with van der Waals surface area (Å²) in [5.74, 6) is 1.02. The van der Waals surface area contributed by atoms with Crippen LogP contribution >= 0.6 is 0 Å². The summed E-state index contributed by atoms with van der Waals surface area (Å²) in [5, 5.41) is 0. The van der Waals surface area contributed by atoms with E-state index >= 15 is 0 Å². The maximum Gasteiger partial charge on any atom is 0.117 e. The Kier molecular flexibility index (Phi) is 2.86. The van der Waals surface area contributed by atoms with Gasteiger partial charge in [-0.15, -0.1) is 0 Å². The minimum Gasteiger partial charge on any atom is -0.468 e. The summed E-state index contributed by atoms with van der Waals surface area (Å²) < 4.78 is 5.45.